The van der Waals surface area contributed by atoms with E-state index in [-0.39, 0.29) is 10.7 Å². The second kappa shape index (κ2) is 7.74. The number of aryl methyl sites for hydroxylation is 2. The van der Waals surface area contributed by atoms with Gasteiger partial charge in [0.1, 0.15) is 16.5 Å². The highest BCUT2D eigenvalue weighted by Crippen LogP contribution is 2.29. The first-order valence-corrected chi connectivity index (χ1v) is 10.4. The number of hydrogen-bond donors (Lipinski definition) is 1. The second-order valence-electron chi connectivity index (χ2n) is 6.88. The Labute approximate surface area is 161 Å². The van der Waals surface area contributed by atoms with E-state index in [1.807, 2.05) is 19.9 Å². The molecule has 7 nitrogen and oxygen atoms in total. The number of anilines is 2. The van der Waals surface area contributed by atoms with E-state index in [2.05, 4.69) is 26.6 Å². The molecule has 0 unspecified atom stereocenters. The number of nitrogens with zero attached hydrogens (tertiary/aromatic N) is 3. The molecule has 146 valence electrons. The highest BCUT2D eigenvalue weighted by Gasteiger charge is 2.22. The van der Waals surface area contributed by atoms with Crippen molar-refractivity contribution in [2.24, 2.45) is 0 Å². The number of rotatable bonds is 5. The molecule has 2 heterocycles. The van der Waals surface area contributed by atoms with Crippen LogP contribution in [-0.4, -0.2) is 58.6 Å². The molecule has 1 fully saturated rings. The predicted octanol–water partition coefficient (Wildman–Crippen LogP) is 2.26. The van der Waals surface area contributed by atoms with Gasteiger partial charge in [0.15, 0.2) is 0 Å². The Bertz CT molecular complexity index is 905. The van der Waals surface area contributed by atoms with Gasteiger partial charge in [-0.3, -0.25) is 4.72 Å². The highest BCUT2D eigenvalue weighted by atomic mass is 32.2. The van der Waals surface area contributed by atoms with E-state index in [0.29, 0.717) is 5.75 Å². The molecule has 0 amide bonds. The van der Waals surface area contributed by atoms with Crippen LogP contribution >= 0.6 is 0 Å². The lowest BCUT2D eigenvalue weighted by molar-refractivity contribution is 0.313. The Morgan fingerprint density at radius 1 is 1.07 bits per heavy atom. The Morgan fingerprint density at radius 3 is 2.33 bits per heavy atom. The number of pyridine rings is 1. The van der Waals surface area contributed by atoms with Gasteiger partial charge in [0.05, 0.1) is 19.0 Å². The summed E-state index contributed by atoms with van der Waals surface area (Å²) in [4.78, 5) is 8.93. The van der Waals surface area contributed by atoms with Crippen molar-refractivity contribution in [3.63, 3.8) is 0 Å². The summed E-state index contributed by atoms with van der Waals surface area (Å²) in [5.74, 6) is 0.604. The average molecular weight is 391 g/mol. The molecule has 3 rings (SSSR count). The minimum Gasteiger partial charge on any atom is -0.495 e. The van der Waals surface area contributed by atoms with Crippen LogP contribution in [0.4, 0.5) is 11.5 Å². The minimum absolute atomic E-state index is 0.109. The Balaban J connectivity index is 1.79. The van der Waals surface area contributed by atoms with Crippen LogP contribution in [0, 0.1) is 13.8 Å². The SMILES string of the molecule is COc1cc(C)c(C)cc1S(=O)(=O)Nc1ccc(N2CCN(C)CC2)cn1. The highest BCUT2D eigenvalue weighted by molar-refractivity contribution is 7.92. The molecule has 0 saturated carbocycles. The molecule has 1 aliphatic rings. The van der Waals surface area contributed by atoms with Gasteiger partial charge in [-0.2, -0.15) is 0 Å². The third-order valence-electron chi connectivity index (χ3n) is 4.92. The summed E-state index contributed by atoms with van der Waals surface area (Å²) in [5, 5.41) is 0. The van der Waals surface area contributed by atoms with Crippen molar-refractivity contribution in [1.82, 2.24) is 9.88 Å². The summed E-state index contributed by atoms with van der Waals surface area (Å²) >= 11 is 0. The lowest BCUT2D eigenvalue weighted by atomic mass is 10.1. The van der Waals surface area contributed by atoms with E-state index in [1.165, 1.54) is 7.11 Å². The molecule has 0 atom stereocenters. The summed E-state index contributed by atoms with van der Waals surface area (Å²) in [7, 11) is -0.228. The van der Waals surface area contributed by atoms with E-state index >= 15 is 0 Å². The molecular formula is C19H26N4O3S. The van der Waals surface area contributed by atoms with Crippen LogP contribution in [0.1, 0.15) is 11.1 Å². The van der Waals surface area contributed by atoms with Gasteiger partial charge >= 0.3 is 0 Å². The van der Waals surface area contributed by atoms with Crippen molar-refractivity contribution < 1.29 is 13.2 Å². The Hall–Kier alpha value is -2.32. The van der Waals surface area contributed by atoms with E-state index in [0.717, 1.165) is 43.0 Å². The Morgan fingerprint density at radius 2 is 1.74 bits per heavy atom. The van der Waals surface area contributed by atoms with Crippen molar-refractivity contribution in [3.8, 4) is 5.75 Å². The van der Waals surface area contributed by atoms with Crippen LogP contribution in [-0.2, 0) is 10.0 Å². The smallest absolute Gasteiger partial charge is 0.266 e. The number of piperazine rings is 1. The predicted molar refractivity (Wildman–Crippen MR) is 107 cm³/mol. The van der Waals surface area contributed by atoms with Crippen LogP contribution in [0.3, 0.4) is 0 Å². The third-order valence-corrected chi connectivity index (χ3v) is 6.30. The zero-order chi connectivity index (χ0) is 19.6. The molecule has 0 radical (unpaired) electrons. The topological polar surface area (TPSA) is 74.8 Å². The first kappa shape index (κ1) is 19.4. The van der Waals surface area contributed by atoms with Crippen LogP contribution in [0.5, 0.6) is 5.75 Å². The van der Waals surface area contributed by atoms with Gasteiger partial charge in [-0.1, -0.05) is 0 Å². The lowest BCUT2D eigenvalue weighted by Gasteiger charge is -2.33. The third kappa shape index (κ3) is 4.33. The van der Waals surface area contributed by atoms with E-state index < -0.39 is 10.0 Å². The van der Waals surface area contributed by atoms with Crippen LogP contribution in [0.15, 0.2) is 35.4 Å². The normalized spacial score (nSPS) is 15.6. The fraction of sp³-hybridized carbons (Fsp3) is 0.421. The minimum atomic E-state index is -3.80. The maximum Gasteiger partial charge on any atom is 0.266 e. The molecule has 2 aromatic rings. The van der Waals surface area contributed by atoms with Gasteiger partial charge in [0.2, 0.25) is 0 Å². The van der Waals surface area contributed by atoms with Crippen molar-refractivity contribution in [2.75, 3.05) is 50.0 Å². The molecule has 27 heavy (non-hydrogen) atoms. The van der Waals surface area contributed by atoms with Gasteiger partial charge in [0.25, 0.3) is 10.0 Å². The molecular weight excluding hydrogens is 364 g/mol. The van der Waals surface area contributed by atoms with Gasteiger partial charge < -0.3 is 14.5 Å². The summed E-state index contributed by atoms with van der Waals surface area (Å²) in [6.07, 6.45) is 1.71. The zero-order valence-corrected chi connectivity index (χ0v) is 17.0. The van der Waals surface area contributed by atoms with Crippen molar-refractivity contribution in [3.05, 3.63) is 41.6 Å². The van der Waals surface area contributed by atoms with Crippen molar-refractivity contribution in [2.45, 2.75) is 18.7 Å². The number of aromatic nitrogens is 1. The number of hydrogen-bond acceptors (Lipinski definition) is 6. The molecule has 0 aliphatic carbocycles. The average Bonchev–Trinajstić information content (AvgIpc) is 2.64. The molecule has 8 heteroatoms. The standard InChI is InChI=1S/C19H26N4O3S/c1-14-11-17(26-4)18(12-15(14)2)27(24,25)21-19-6-5-16(13-20-19)23-9-7-22(3)8-10-23/h5-6,11-13H,7-10H2,1-4H3,(H,20,21). The zero-order valence-electron chi connectivity index (χ0n) is 16.2. The van der Waals surface area contributed by atoms with Gasteiger partial charge in [-0.25, -0.2) is 13.4 Å². The van der Waals surface area contributed by atoms with Gasteiger partial charge in [-0.05, 0) is 56.3 Å². The maximum atomic E-state index is 12.8. The molecule has 0 spiro atoms. The largest absolute Gasteiger partial charge is 0.495 e. The van der Waals surface area contributed by atoms with E-state index in [9.17, 15) is 8.42 Å². The fourth-order valence-electron chi connectivity index (χ4n) is 3.02. The molecule has 1 aromatic carbocycles. The molecule has 1 saturated heterocycles. The number of benzene rings is 1. The Kier molecular flexibility index (Phi) is 5.57. The summed E-state index contributed by atoms with van der Waals surface area (Å²) in [6, 6.07) is 6.94. The van der Waals surface area contributed by atoms with E-state index in [4.69, 9.17) is 4.74 Å². The van der Waals surface area contributed by atoms with Crippen LogP contribution in [0.2, 0.25) is 0 Å². The quantitative estimate of drug-likeness (QED) is 0.844. The number of methoxy groups -OCH3 is 1. The number of nitrogens with one attached hydrogen (secondary N) is 1. The van der Waals surface area contributed by atoms with Crippen molar-refractivity contribution in [1.29, 1.82) is 0 Å². The monoisotopic (exact) mass is 390 g/mol. The molecule has 1 aliphatic heterocycles. The molecule has 0 bridgehead atoms. The number of sulfonamides is 1. The second-order valence-corrected chi connectivity index (χ2v) is 8.54. The van der Waals surface area contributed by atoms with Crippen LogP contribution < -0.4 is 14.4 Å². The summed E-state index contributed by atoms with van der Waals surface area (Å²) < 4.78 is 33.5. The molecule has 1 N–H and O–H groups in total. The summed E-state index contributed by atoms with van der Waals surface area (Å²) in [6.45, 7) is 7.66. The lowest BCUT2D eigenvalue weighted by Crippen LogP contribution is -2.44. The summed E-state index contributed by atoms with van der Waals surface area (Å²) in [5.41, 5.74) is 2.85. The first-order valence-electron chi connectivity index (χ1n) is 8.88. The van der Waals surface area contributed by atoms with Crippen molar-refractivity contribution >= 4 is 21.5 Å². The van der Waals surface area contributed by atoms with E-state index in [1.54, 1.807) is 24.4 Å². The van der Waals surface area contributed by atoms with Gasteiger partial charge in [-0.15, -0.1) is 0 Å². The number of ether oxygens (including phenoxy) is 1. The first-order chi connectivity index (χ1) is 12.8. The van der Waals surface area contributed by atoms with Gasteiger partial charge in [0, 0.05) is 26.2 Å². The molecule has 1 aromatic heterocycles. The fourth-order valence-corrected chi connectivity index (χ4v) is 4.27. The maximum absolute atomic E-state index is 12.8. The number of likely N-dealkylation sites (N-methyl/N-ethyl adjacent to an activating group) is 1. The van der Waals surface area contributed by atoms with Crippen LogP contribution in [0.25, 0.3) is 0 Å².